The van der Waals surface area contributed by atoms with Gasteiger partial charge in [-0.3, -0.25) is 4.79 Å². The van der Waals surface area contributed by atoms with E-state index in [-0.39, 0.29) is 30.9 Å². The van der Waals surface area contributed by atoms with Crippen LogP contribution < -0.4 is 10.1 Å². The number of nitrogens with zero attached hydrogens (tertiary/aromatic N) is 4. The van der Waals surface area contributed by atoms with Crippen molar-refractivity contribution in [1.29, 1.82) is 5.26 Å². The Morgan fingerprint density at radius 2 is 2.14 bits per heavy atom. The number of imidazole rings is 1. The van der Waals surface area contributed by atoms with E-state index in [4.69, 9.17) is 9.47 Å². The fourth-order valence-corrected chi connectivity index (χ4v) is 5.66. The monoisotopic (exact) mass is 521 g/mol. The van der Waals surface area contributed by atoms with E-state index in [1.54, 1.807) is 11.2 Å². The molecule has 1 aliphatic rings. The van der Waals surface area contributed by atoms with Crippen molar-refractivity contribution in [3.8, 4) is 11.8 Å². The Balaban J connectivity index is 1.36. The van der Waals surface area contributed by atoms with E-state index in [0.29, 0.717) is 43.2 Å². The lowest BCUT2D eigenvalue weighted by molar-refractivity contribution is -0.116. The van der Waals surface area contributed by atoms with E-state index in [1.807, 2.05) is 55.8 Å². The lowest BCUT2D eigenvalue weighted by Crippen LogP contribution is -2.36. The summed E-state index contributed by atoms with van der Waals surface area (Å²) in [5.41, 5.74) is 3.27. The molecule has 1 N–H and O–H groups in total. The number of aromatic nitrogens is 2. The summed E-state index contributed by atoms with van der Waals surface area (Å²) in [5, 5.41) is 13.3. The van der Waals surface area contributed by atoms with E-state index in [0.717, 1.165) is 27.4 Å². The van der Waals surface area contributed by atoms with Crippen molar-refractivity contribution < 1.29 is 19.1 Å². The minimum absolute atomic E-state index is 0.0561. The third-order valence-corrected chi connectivity index (χ3v) is 7.39. The molecule has 3 heterocycles. The Kier molecular flexibility index (Phi) is 8.46. The van der Waals surface area contributed by atoms with Gasteiger partial charge in [-0.2, -0.15) is 5.26 Å². The predicted molar refractivity (Wildman–Crippen MR) is 141 cm³/mol. The van der Waals surface area contributed by atoms with Gasteiger partial charge in [-0.05, 0) is 43.4 Å². The van der Waals surface area contributed by atoms with Crippen LogP contribution in [-0.4, -0.2) is 46.2 Å². The van der Waals surface area contributed by atoms with Gasteiger partial charge >= 0.3 is 6.09 Å². The van der Waals surface area contributed by atoms with E-state index >= 15 is 0 Å². The number of nitrogens with one attached hydrogen (secondary N) is 1. The molecule has 0 saturated heterocycles. The van der Waals surface area contributed by atoms with Gasteiger partial charge in [0, 0.05) is 24.0 Å². The SMILES string of the molecule is CCOc1ccccc1C(C)CC(=O)Nc1sc2c(c1C#N)CCN(C(=O)OCCn1cnc(C)c1)C2. The molecule has 1 unspecified atom stereocenters. The molecule has 3 aromatic rings. The van der Waals surface area contributed by atoms with E-state index in [1.165, 1.54) is 11.3 Å². The van der Waals surface area contributed by atoms with Crippen molar-refractivity contribution in [2.45, 2.75) is 52.6 Å². The van der Waals surface area contributed by atoms with Crippen LogP contribution in [0.2, 0.25) is 0 Å². The van der Waals surface area contributed by atoms with Crippen molar-refractivity contribution >= 4 is 28.3 Å². The molecule has 0 bridgehead atoms. The molecule has 37 heavy (non-hydrogen) atoms. The van der Waals surface area contributed by atoms with Gasteiger partial charge in [0.2, 0.25) is 5.91 Å². The average Bonchev–Trinajstić information content (AvgIpc) is 3.45. The third kappa shape index (κ3) is 6.30. The molecule has 2 amide bonds. The quantitative estimate of drug-likeness (QED) is 0.431. The molecular weight excluding hydrogens is 490 g/mol. The molecule has 4 rings (SSSR count). The van der Waals surface area contributed by atoms with Gasteiger partial charge in [-0.25, -0.2) is 9.78 Å². The summed E-state index contributed by atoms with van der Waals surface area (Å²) in [6.07, 6.45) is 4.01. The van der Waals surface area contributed by atoms with E-state index < -0.39 is 0 Å². The number of ether oxygens (including phenoxy) is 2. The first-order valence-electron chi connectivity index (χ1n) is 12.4. The molecule has 1 aromatic carbocycles. The van der Waals surface area contributed by atoms with Crippen molar-refractivity contribution in [2.24, 2.45) is 0 Å². The number of anilines is 1. The van der Waals surface area contributed by atoms with Crippen LogP contribution in [0.1, 0.15) is 53.4 Å². The number of carbonyl (C=O) groups excluding carboxylic acids is 2. The second kappa shape index (κ2) is 11.9. The second-order valence-electron chi connectivity index (χ2n) is 8.98. The molecule has 1 aliphatic heterocycles. The molecule has 10 heteroatoms. The maximum atomic E-state index is 12.9. The van der Waals surface area contributed by atoms with Gasteiger partial charge in [0.1, 0.15) is 23.4 Å². The Morgan fingerprint density at radius 1 is 1.32 bits per heavy atom. The van der Waals surface area contributed by atoms with Crippen LogP contribution in [0.15, 0.2) is 36.8 Å². The minimum atomic E-state index is -0.387. The first-order valence-corrected chi connectivity index (χ1v) is 13.2. The van der Waals surface area contributed by atoms with E-state index in [2.05, 4.69) is 16.4 Å². The summed E-state index contributed by atoms with van der Waals surface area (Å²) >= 11 is 1.35. The zero-order chi connectivity index (χ0) is 26.4. The normalized spacial score (nSPS) is 13.4. The van der Waals surface area contributed by atoms with Gasteiger partial charge < -0.3 is 24.3 Å². The van der Waals surface area contributed by atoms with Crippen LogP contribution in [0.25, 0.3) is 0 Å². The number of para-hydroxylation sites is 1. The molecular formula is C27H31N5O4S. The van der Waals surface area contributed by atoms with Crippen LogP contribution in [0.4, 0.5) is 9.80 Å². The number of benzene rings is 1. The number of fused-ring (bicyclic) bond motifs is 1. The van der Waals surface area contributed by atoms with Crippen LogP contribution in [0, 0.1) is 18.3 Å². The Morgan fingerprint density at radius 3 is 2.86 bits per heavy atom. The minimum Gasteiger partial charge on any atom is -0.494 e. The molecule has 0 spiro atoms. The summed E-state index contributed by atoms with van der Waals surface area (Å²) in [6, 6.07) is 9.97. The molecule has 0 saturated carbocycles. The van der Waals surface area contributed by atoms with Crippen molar-refractivity contribution in [3.05, 3.63) is 64.1 Å². The number of hydrogen-bond donors (Lipinski definition) is 1. The highest BCUT2D eigenvalue weighted by Crippen LogP contribution is 2.37. The Bertz CT molecular complexity index is 1310. The highest BCUT2D eigenvalue weighted by atomic mass is 32.1. The topological polar surface area (TPSA) is 109 Å². The zero-order valence-electron chi connectivity index (χ0n) is 21.3. The largest absolute Gasteiger partial charge is 0.494 e. The maximum absolute atomic E-state index is 12.9. The fourth-order valence-electron chi connectivity index (χ4n) is 4.43. The summed E-state index contributed by atoms with van der Waals surface area (Å²) < 4.78 is 13.0. The highest BCUT2D eigenvalue weighted by molar-refractivity contribution is 7.16. The smallest absolute Gasteiger partial charge is 0.410 e. The van der Waals surface area contributed by atoms with Gasteiger partial charge in [0.15, 0.2) is 0 Å². The lowest BCUT2D eigenvalue weighted by Gasteiger charge is -2.26. The average molecular weight is 522 g/mol. The van der Waals surface area contributed by atoms with Crippen molar-refractivity contribution in [3.63, 3.8) is 0 Å². The highest BCUT2D eigenvalue weighted by Gasteiger charge is 2.28. The van der Waals surface area contributed by atoms with Crippen LogP contribution in [-0.2, 0) is 29.0 Å². The number of thiophene rings is 1. The summed E-state index contributed by atoms with van der Waals surface area (Å²) in [5.74, 6) is 0.556. The molecule has 0 radical (unpaired) electrons. The number of nitriles is 1. The third-order valence-electron chi connectivity index (χ3n) is 6.26. The first kappa shape index (κ1) is 26.2. The van der Waals surface area contributed by atoms with Gasteiger partial charge in [0.25, 0.3) is 0 Å². The van der Waals surface area contributed by atoms with Gasteiger partial charge in [0.05, 0.1) is 37.3 Å². The molecule has 0 fully saturated rings. The number of aryl methyl sites for hydroxylation is 1. The van der Waals surface area contributed by atoms with Crippen LogP contribution in [0.3, 0.4) is 0 Å². The van der Waals surface area contributed by atoms with Gasteiger partial charge in [-0.15, -0.1) is 11.3 Å². The predicted octanol–water partition coefficient (Wildman–Crippen LogP) is 4.85. The molecule has 0 aliphatic carbocycles. The lowest BCUT2D eigenvalue weighted by atomic mass is 9.96. The number of hydrogen-bond acceptors (Lipinski definition) is 7. The number of amides is 2. The Labute approximate surface area is 220 Å². The van der Waals surface area contributed by atoms with Gasteiger partial charge in [-0.1, -0.05) is 25.1 Å². The van der Waals surface area contributed by atoms with Crippen molar-refractivity contribution in [2.75, 3.05) is 25.1 Å². The number of rotatable bonds is 9. The maximum Gasteiger partial charge on any atom is 0.410 e. The molecule has 1 atom stereocenters. The van der Waals surface area contributed by atoms with E-state index in [9.17, 15) is 14.9 Å². The van der Waals surface area contributed by atoms with Crippen LogP contribution in [0.5, 0.6) is 5.75 Å². The molecule has 2 aromatic heterocycles. The molecule has 9 nitrogen and oxygen atoms in total. The van der Waals surface area contributed by atoms with Crippen LogP contribution >= 0.6 is 11.3 Å². The Hall–Kier alpha value is -3.84. The van der Waals surface area contributed by atoms with Crippen molar-refractivity contribution in [1.82, 2.24) is 14.5 Å². The summed E-state index contributed by atoms with van der Waals surface area (Å²) in [4.78, 5) is 32.2. The first-order chi connectivity index (χ1) is 17.9. The summed E-state index contributed by atoms with van der Waals surface area (Å²) in [6.45, 7) is 7.97. The zero-order valence-corrected chi connectivity index (χ0v) is 22.1. The molecule has 194 valence electrons. The number of carbonyl (C=O) groups is 2. The fraction of sp³-hybridized carbons (Fsp3) is 0.407. The second-order valence-corrected chi connectivity index (χ2v) is 10.1. The summed E-state index contributed by atoms with van der Waals surface area (Å²) in [7, 11) is 0. The standard InChI is InChI=1S/C27H31N5O4S/c1-4-35-23-8-6-5-7-20(23)18(2)13-25(33)30-26-22(14-28)21-9-10-32(16-24(21)37-26)27(34)36-12-11-31-15-19(3)29-17-31/h5-8,15,17-18H,4,9-13,16H2,1-3H3,(H,30,33).